The van der Waals surface area contributed by atoms with Gasteiger partial charge >= 0.3 is 0 Å². The van der Waals surface area contributed by atoms with Crippen LogP contribution >= 0.6 is 11.3 Å². The first-order chi connectivity index (χ1) is 9.72. The molecule has 0 radical (unpaired) electrons. The third-order valence-electron chi connectivity index (χ3n) is 3.61. The molecule has 0 saturated carbocycles. The van der Waals surface area contributed by atoms with Gasteiger partial charge in [-0.1, -0.05) is 0 Å². The van der Waals surface area contributed by atoms with Crippen LogP contribution < -0.4 is 0 Å². The van der Waals surface area contributed by atoms with Crippen molar-refractivity contribution >= 4 is 27.3 Å². The number of aliphatic hydroxyl groups is 1. The fourth-order valence-electron chi connectivity index (χ4n) is 2.25. The van der Waals surface area contributed by atoms with Gasteiger partial charge < -0.3 is 10.0 Å². The summed E-state index contributed by atoms with van der Waals surface area (Å²) >= 11 is 1.25. The van der Waals surface area contributed by atoms with E-state index in [9.17, 15) is 18.3 Å². The highest BCUT2D eigenvalue weighted by atomic mass is 32.2. The molecule has 1 aromatic heterocycles. The highest BCUT2D eigenvalue weighted by Gasteiger charge is 2.38. The SMILES string of the molecule is Cc1ncsc1C(=O)N1C[C@@H](CS(=O)(=O)N(C)C)[C@H](O)C1. The summed E-state index contributed by atoms with van der Waals surface area (Å²) in [5, 5.41) is 10.0. The molecule has 0 unspecified atom stereocenters. The third-order valence-corrected chi connectivity index (χ3v) is 6.49. The van der Waals surface area contributed by atoms with Crippen LogP contribution in [0.2, 0.25) is 0 Å². The van der Waals surface area contributed by atoms with Gasteiger partial charge in [0.2, 0.25) is 10.0 Å². The number of carbonyl (C=O) groups excluding carboxylic acids is 1. The second-order valence-electron chi connectivity index (χ2n) is 5.37. The van der Waals surface area contributed by atoms with E-state index in [-0.39, 0.29) is 24.7 Å². The van der Waals surface area contributed by atoms with Crippen LogP contribution in [0.25, 0.3) is 0 Å². The molecule has 2 atom stereocenters. The maximum atomic E-state index is 12.3. The zero-order valence-corrected chi connectivity index (χ0v) is 13.8. The van der Waals surface area contributed by atoms with E-state index in [4.69, 9.17) is 0 Å². The number of aryl methyl sites for hydroxylation is 1. The Morgan fingerprint density at radius 1 is 1.52 bits per heavy atom. The van der Waals surface area contributed by atoms with Crippen molar-refractivity contribution in [3.8, 4) is 0 Å². The minimum absolute atomic E-state index is 0.157. The fraction of sp³-hybridized carbons (Fsp3) is 0.667. The number of nitrogens with zero attached hydrogens (tertiary/aromatic N) is 3. The van der Waals surface area contributed by atoms with Crippen LogP contribution in [0.1, 0.15) is 15.4 Å². The van der Waals surface area contributed by atoms with Gasteiger partial charge in [-0.25, -0.2) is 17.7 Å². The van der Waals surface area contributed by atoms with E-state index in [0.717, 1.165) is 4.31 Å². The Bertz CT molecular complexity index is 626. The monoisotopic (exact) mass is 333 g/mol. The molecule has 1 aromatic rings. The van der Waals surface area contributed by atoms with Crippen molar-refractivity contribution in [2.45, 2.75) is 13.0 Å². The predicted molar refractivity (Wildman–Crippen MR) is 79.7 cm³/mol. The number of aliphatic hydroxyl groups excluding tert-OH is 1. The van der Waals surface area contributed by atoms with Crippen LogP contribution in [0.5, 0.6) is 0 Å². The van der Waals surface area contributed by atoms with Gasteiger partial charge in [0.1, 0.15) is 4.88 Å². The lowest BCUT2D eigenvalue weighted by molar-refractivity contribution is 0.0768. The Balaban J connectivity index is 2.08. The maximum Gasteiger partial charge on any atom is 0.265 e. The van der Waals surface area contributed by atoms with Gasteiger partial charge in [0, 0.05) is 33.1 Å². The van der Waals surface area contributed by atoms with E-state index in [1.807, 2.05) is 0 Å². The van der Waals surface area contributed by atoms with E-state index in [1.165, 1.54) is 30.3 Å². The zero-order chi connectivity index (χ0) is 15.8. The molecule has 1 fully saturated rings. The van der Waals surface area contributed by atoms with Crippen molar-refractivity contribution in [3.05, 3.63) is 16.1 Å². The number of amides is 1. The van der Waals surface area contributed by atoms with Gasteiger partial charge in [0.15, 0.2) is 0 Å². The number of β-amino-alcohol motifs (C(OH)–C–C–N with tert-alkyl or cyclic N) is 1. The van der Waals surface area contributed by atoms with Crippen LogP contribution in [0.4, 0.5) is 0 Å². The Morgan fingerprint density at radius 2 is 2.19 bits per heavy atom. The minimum Gasteiger partial charge on any atom is -0.391 e. The number of hydrogen-bond acceptors (Lipinski definition) is 6. The molecular weight excluding hydrogens is 314 g/mol. The summed E-state index contributed by atoms with van der Waals surface area (Å²) in [6.45, 7) is 2.15. The van der Waals surface area contributed by atoms with Gasteiger partial charge in [-0.15, -0.1) is 11.3 Å². The molecule has 9 heteroatoms. The number of carbonyl (C=O) groups is 1. The summed E-state index contributed by atoms with van der Waals surface area (Å²) in [7, 11) is -0.483. The molecule has 0 aliphatic carbocycles. The number of rotatable bonds is 4. The highest BCUT2D eigenvalue weighted by molar-refractivity contribution is 7.89. The van der Waals surface area contributed by atoms with Crippen molar-refractivity contribution in [1.82, 2.24) is 14.2 Å². The molecule has 1 aliphatic heterocycles. The molecule has 21 heavy (non-hydrogen) atoms. The largest absolute Gasteiger partial charge is 0.391 e. The van der Waals surface area contributed by atoms with Crippen LogP contribution in [0.15, 0.2) is 5.51 Å². The Morgan fingerprint density at radius 3 is 2.71 bits per heavy atom. The van der Waals surface area contributed by atoms with Crippen molar-refractivity contribution in [2.75, 3.05) is 32.9 Å². The third kappa shape index (κ3) is 3.42. The average molecular weight is 333 g/mol. The molecule has 118 valence electrons. The molecule has 1 aliphatic rings. The van der Waals surface area contributed by atoms with Crippen LogP contribution in [-0.2, 0) is 10.0 Å². The lowest BCUT2D eigenvalue weighted by Gasteiger charge is -2.17. The molecule has 2 heterocycles. The Labute approximate surface area is 128 Å². The first-order valence-corrected chi connectivity index (χ1v) is 8.99. The second-order valence-corrected chi connectivity index (χ2v) is 8.45. The van der Waals surface area contributed by atoms with Gasteiger partial charge in [-0.2, -0.15) is 0 Å². The maximum absolute atomic E-state index is 12.3. The average Bonchev–Trinajstić information content (AvgIpc) is 2.95. The number of thiazole rings is 1. The minimum atomic E-state index is -3.40. The van der Waals surface area contributed by atoms with Crippen molar-refractivity contribution < 1.29 is 18.3 Å². The zero-order valence-electron chi connectivity index (χ0n) is 12.2. The van der Waals surface area contributed by atoms with E-state index in [2.05, 4.69) is 4.98 Å². The number of sulfonamides is 1. The summed E-state index contributed by atoms with van der Waals surface area (Å²) < 4.78 is 24.9. The Kier molecular flexibility index (Phi) is 4.66. The smallest absolute Gasteiger partial charge is 0.265 e. The van der Waals surface area contributed by atoms with E-state index < -0.39 is 22.0 Å². The standard InChI is InChI=1S/C12H19N3O4S2/c1-8-11(20-7-13-8)12(17)15-4-9(10(16)5-15)6-21(18,19)14(2)3/h7,9-10,16H,4-6H2,1-3H3/t9-,10+/m0/s1. The summed E-state index contributed by atoms with van der Waals surface area (Å²) in [6.07, 6.45) is -0.822. The van der Waals surface area contributed by atoms with Crippen molar-refractivity contribution in [3.63, 3.8) is 0 Å². The van der Waals surface area contributed by atoms with E-state index in [1.54, 1.807) is 12.4 Å². The molecule has 7 nitrogen and oxygen atoms in total. The van der Waals surface area contributed by atoms with E-state index >= 15 is 0 Å². The van der Waals surface area contributed by atoms with Crippen molar-refractivity contribution in [2.24, 2.45) is 5.92 Å². The van der Waals surface area contributed by atoms with E-state index in [0.29, 0.717) is 10.6 Å². The van der Waals surface area contributed by atoms with Gasteiger partial charge in [-0.05, 0) is 6.92 Å². The normalized spacial score (nSPS) is 23.0. The van der Waals surface area contributed by atoms with Gasteiger partial charge in [0.25, 0.3) is 5.91 Å². The fourth-order valence-corrected chi connectivity index (χ4v) is 4.19. The second kappa shape index (κ2) is 5.99. The number of hydrogen-bond donors (Lipinski definition) is 1. The summed E-state index contributed by atoms with van der Waals surface area (Å²) in [4.78, 5) is 18.4. The molecule has 1 N–H and O–H groups in total. The van der Waals surface area contributed by atoms with Gasteiger partial charge in [-0.3, -0.25) is 4.79 Å². The molecule has 0 bridgehead atoms. The summed E-state index contributed by atoms with van der Waals surface area (Å²) in [6, 6.07) is 0. The van der Waals surface area contributed by atoms with Crippen LogP contribution in [0, 0.1) is 12.8 Å². The number of aromatic nitrogens is 1. The molecular formula is C12H19N3O4S2. The van der Waals surface area contributed by atoms with Crippen molar-refractivity contribution in [1.29, 1.82) is 0 Å². The van der Waals surface area contributed by atoms with Crippen LogP contribution in [-0.4, -0.2) is 72.7 Å². The topological polar surface area (TPSA) is 90.8 Å². The Hall–Kier alpha value is -1.03. The number of likely N-dealkylation sites (tertiary alicyclic amines) is 1. The molecule has 1 saturated heterocycles. The quantitative estimate of drug-likeness (QED) is 0.822. The molecule has 1 amide bonds. The lowest BCUT2D eigenvalue weighted by atomic mass is 10.1. The first-order valence-electron chi connectivity index (χ1n) is 6.50. The summed E-state index contributed by atoms with van der Waals surface area (Å²) in [5.74, 6) is -0.819. The van der Waals surface area contributed by atoms with Crippen LogP contribution in [0.3, 0.4) is 0 Å². The lowest BCUT2D eigenvalue weighted by Crippen LogP contribution is -2.33. The molecule has 0 aromatic carbocycles. The molecule has 2 rings (SSSR count). The molecule has 0 spiro atoms. The highest BCUT2D eigenvalue weighted by Crippen LogP contribution is 2.23. The van der Waals surface area contributed by atoms with Gasteiger partial charge in [0.05, 0.1) is 23.1 Å². The summed E-state index contributed by atoms with van der Waals surface area (Å²) in [5.41, 5.74) is 2.26. The first kappa shape index (κ1) is 16.3. The predicted octanol–water partition coefficient (Wildman–Crippen LogP) is -0.224.